The molecule has 2 aromatic rings. The van der Waals surface area contributed by atoms with Crippen LogP contribution in [0, 0.1) is 33.6 Å². The molecule has 0 fully saturated rings. The number of nitrogens with one attached hydrogen (secondary N) is 1. The van der Waals surface area contributed by atoms with Crippen molar-refractivity contribution in [2.24, 2.45) is 11.0 Å². The Hall–Kier alpha value is -2.08. The van der Waals surface area contributed by atoms with Gasteiger partial charge in [0.1, 0.15) is 0 Å². The van der Waals surface area contributed by atoms with Crippen molar-refractivity contribution < 1.29 is 8.42 Å². The Bertz CT molecular complexity index is 894. The van der Waals surface area contributed by atoms with Gasteiger partial charge >= 0.3 is 0 Å². The quantitative estimate of drug-likeness (QED) is 0.630. The summed E-state index contributed by atoms with van der Waals surface area (Å²) in [6.07, 6.45) is 1.57. The lowest BCUT2D eigenvalue weighted by Gasteiger charge is -2.11. The Kier molecular flexibility index (Phi) is 5.72. The summed E-state index contributed by atoms with van der Waals surface area (Å²) in [5.74, 6) is 0.539. The number of benzene rings is 1. The first-order chi connectivity index (χ1) is 11.6. The van der Waals surface area contributed by atoms with Crippen LogP contribution in [0.3, 0.4) is 0 Å². The Morgan fingerprint density at radius 2 is 1.84 bits per heavy atom. The third-order valence-corrected chi connectivity index (χ3v) is 5.53. The van der Waals surface area contributed by atoms with Gasteiger partial charge in [-0.3, -0.25) is 0 Å². The van der Waals surface area contributed by atoms with Crippen LogP contribution in [0.5, 0.6) is 0 Å². The Balaban J connectivity index is 2.22. The van der Waals surface area contributed by atoms with Crippen LogP contribution in [0.4, 0.5) is 0 Å². The Morgan fingerprint density at radius 3 is 2.48 bits per heavy atom. The predicted molar refractivity (Wildman–Crippen MR) is 103 cm³/mol. The summed E-state index contributed by atoms with van der Waals surface area (Å²) in [7, 11) is -3.67. The zero-order chi connectivity index (χ0) is 18.8. The molecule has 2 rings (SSSR count). The third-order valence-electron chi connectivity index (χ3n) is 4.17. The van der Waals surface area contributed by atoms with Crippen LogP contribution in [-0.2, 0) is 16.6 Å². The number of hydrazone groups is 1. The minimum atomic E-state index is -3.67. The smallest absolute Gasteiger partial charge is 0.276 e. The maximum atomic E-state index is 12.5. The van der Waals surface area contributed by atoms with Crippen molar-refractivity contribution in [2.45, 2.75) is 53.0 Å². The highest BCUT2D eigenvalue weighted by Gasteiger charge is 2.16. The molecule has 5 nitrogen and oxygen atoms in total. The van der Waals surface area contributed by atoms with E-state index in [9.17, 15) is 8.42 Å². The SMILES string of the molecule is Cc1ccc(C)c(S(=O)(=O)N/N=C\c2cc(C)n(CC(C)C)c2C)c1. The van der Waals surface area contributed by atoms with Crippen LogP contribution in [0.25, 0.3) is 0 Å². The van der Waals surface area contributed by atoms with Gasteiger partial charge in [0.2, 0.25) is 0 Å². The summed E-state index contributed by atoms with van der Waals surface area (Å²) in [5.41, 5.74) is 4.74. The maximum absolute atomic E-state index is 12.5. The highest BCUT2D eigenvalue weighted by atomic mass is 32.2. The van der Waals surface area contributed by atoms with Gasteiger partial charge in [0.05, 0.1) is 11.1 Å². The van der Waals surface area contributed by atoms with E-state index in [-0.39, 0.29) is 4.90 Å². The van der Waals surface area contributed by atoms with Crippen LogP contribution >= 0.6 is 0 Å². The fraction of sp³-hybridized carbons (Fsp3) is 0.421. The maximum Gasteiger partial charge on any atom is 0.276 e. The average molecular weight is 362 g/mol. The molecule has 1 heterocycles. The van der Waals surface area contributed by atoms with Crippen LogP contribution < -0.4 is 4.83 Å². The molecule has 0 radical (unpaired) electrons. The molecular weight excluding hydrogens is 334 g/mol. The molecule has 0 unspecified atom stereocenters. The lowest BCUT2D eigenvalue weighted by Crippen LogP contribution is -2.19. The fourth-order valence-electron chi connectivity index (χ4n) is 2.82. The van der Waals surface area contributed by atoms with E-state index in [1.165, 1.54) is 0 Å². The number of hydrogen-bond acceptors (Lipinski definition) is 3. The van der Waals surface area contributed by atoms with E-state index in [0.717, 1.165) is 29.1 Å². The van der Waals surface area contributed by atoms with Gasteiger partial charge in [-0.15, -0.1) is 0 Å². The molecule has 0 saturated carbocycles. The number of aromatic nitrogens is 1. The van der Waals surface area contributed by atoms with E-state index in [1.54, 1.807) is 25.3 Å². The fourth-order valence-corrected chi connectivity index (χ4v) is 3.94. The van der Waals surface area contributed by atoms with Crippen molar-refractivity contribution in [3.63, 3.8) is 0 Å². The molecule has 0 atom stereocenters. The predicted octanol–water partition coefficient (Wildman–Crippen LogP) is 3.69. The molecule has 0 saturated heterocycles. The minimum Gasteiger partial charge on any atom is -0.348 e. The summed E-state index contributed by atoms with van der Waals surface area (Å²) in [5, 5.41) is 3.98. The van der Waals surface area contributed by atoms with Crippen molar-refractivity contribution >= 4 is 16.2 Å². The molecule has 1 N–H and O–H groups in total. The summed E-state index contributed by atoms with van der Waals surface area (Å²) in [6, 6.07) is 7.36. The lowest BCUT2D eigenvalue weighted by atomic mass is 10.2. The number of hydrogen-bond donors (Lipinski definition) is 1. The van der Waals surface area contributed by atoms with Gasteiger partial charge in [0, 0.05) is 23.5 Å². The van der Waals surface area contributed by atoms with Crippen LogP contribution in [-0.4, -0.2) is 19.2 Å². The number of rotatable bonds is 6. The number of sulfonamides is 1. The molecule has 136 valence electrons. The molecule has 0 amide bonds. The number of aryl methyl sites for hydroxylation is 3. The first-order valence-corrected chi connectivity index (χ1v) is 9.89. The van der Waals surface area contributed by atoms with E-state index < -0.39 is 10.0 Å². The van der Waals surface area contributed by atoms with Crippen molar-refractivity contribution in [2.75, 3.05) is 0 Å². The zero-order valence-electron chi connectivity index (χ0n) is 15.8. The van der Waals surface area contributed by atoms with Gasteiger partial charge in [-0.1, -0.05) is 26.0 Å². The second-order valence-electron chi connectivity index (χ2n) is 6.95. The Labute approximate surface area is 150 Å². The normalized spacial score (nSPS) is 12.3. The molecule has 6 heteroatoms. The van der Waals surface area contributed by atoms with E-state index >= 15 is 0 Å². The zero-order valence-corrected chi connectivity index (χ0v) is 16.6. The van der Waals surface area contributed by atoms with E-state index in [0.29, 0.717) is 11.5 Å². The summed E-state index contributed by atoms with van der Waals surface area (Å²) >= 11 is 0. The molecule has 1 aromatic carbocycles. The first kappa shape index (κ1) is 19.2. The second-order valence-corrected chi connectivity index (χ2v) is 8.58. The van der Waals surface area contributed by atoms with Gasteiger partial charge in [-0.25, -0.2) is 4.83 Å². The summed E-state index contributed by atoms with van der Waals surface area (Å²) in [6.45, 7) is 13.0. The molecule has 0 spiro atoms. The molecule has 0 aliphatic rings. The molecule has 0 aliphatic heterocycles. The lowest BCUT2D eigenvalue weighted by molar-refractivity contribution is 0.509. The summed E-state index contributed by atoms with van der Waals surface area (Å²) < 4.78 is 27.2. The van der Waals surface area contributed by atoms with E-state index in [4.69, 9.17) is 0 Å². The van der Waals surface area contributed by atoms with Crippen molar-refractivity contribution in [3.05, 3.63) is 52.3 Å². The van der Waals surface area contributed by atoms with Crippen molar-refractivity contribution in [1.82, 2.24) is 9.40 Å². The van der Waals surface area contributed by atoms with Crippen LogP contribution in [0.15, 0.2) is 34.3 Å². The highest BCUT2D eigenvalue weighted by molar-refractivity contribution is 7.89. The molecular formula is C19H27N3O2S. The largest absolute Gasteiger partial charge is 0.348 e. The molecule has 25 heavy (non-hydrogen) atoms. The topological polar surface area (TPSA) is 63.5 Å². The van der Waals surface area contributed by atoms with E-state index in [2.05, 4.69) is 28.3 Å². The van der Waals surface area contributed by atoms with Gasteiger partial charge < -0.3 is 4.57 Å². The van der Waals surface area contributed by atoms with Crippen molar-refractivity contribution in [3.8, 4) is 0 Å². The second kappa shape index (κ2) is 7.44. The van der Waals surface area contributed by atoms with E-state index in [1.807, 2.05) is 32.9 Å². The monoisotopic (exact) mass is 361 g/mol. The average Bonchev–Trinajstić information content (AvgIpc) is 2.77. The minimum absolute atomic E-state index is 0.259. The summed E-state index contributed by atoms with van der Waals surface area (Å²) in [4.78, 5) is 2.58. The molecule has 0 bridgehead atoms. The van der Waals surface area contributed by atoms with Gasteiger partial charge in [0.25, 0.3) is 10.0 Å². The van der Waals surface area contributed by atoms with Crippen LogP contribution in [0.2, 0.25) is 0 Å². The van der Waals surface area contributed by atoms with Gasteiger partial charge in [0.15, 0.2) is 0 Å². The number of nitrogens with zero attached hydrogens (tertiary/aromatic N) is 2. The molecule has 0 aliphatic carbocycles. The standard InChI is InChI=1S/C19H27N3O2S/c1-13(2)12-22-16(5)10-18(17(22)6)11-20-21-25(23,24)19-9-14(3)7-8-15(19)4/h7-11,13,21H,12H2,1-6H3/b20-11-. The third kappa shape index (κ3) is 4.51. The Morgan fingerprint density at radius 1 is 1.16 bits per heavy atom. The van der Waals surface area contributed by atoms with Crippen LogP contribution in [0.1, 0.15) is 41.9 Å². The van der Waals surface area contributed by atoms with Gasteiger partial charge in [-0.2, -0.15) is 13.5 Å². The molecule has 1 aromatic heterocycles. The highest BCUT2D eigenvalue weighted by Crippen LogP contribution is 2.17. The van der Waals surface area contributed by atoms with Crippen molar-refractivity contribution in [1.29, 1.82) is 0 Å². The van der Waals surface area contributed by atoms with Gasteiger partial charge in [-0.05, 0) is 56.9 Å². The first-order valence-electron chi connectivity index (χ1n) is 8.40.